The number of urea groups is 1. The molecule has 0 bridgehead atoms. The van der Waals surface area contributed by atoms with E-state index >= 15 is 0 Å². The third kappa shape index (κ3) is 6.04. The molecule has 1 fully saturated rings. The standard InChI is InChI=1S/C17H26N2O4/c1-12(23-15(20)11-13-7-5-6-8-13)16(21)19-17(22)18-14-9-3-2-4-10-14/h5,7,12-14H,2-4,6,8-11H2,1H3,(H2,18,19,21,22)/t12-,13+/m0/s1. The van der Waals surface area contributed by atoms with Gasteiger partial charge >= 0.3 is 12.0 Å². The Bertz CT molecular complexity index is 469. The average molecular weight is 322 g/mol. The summed E-state index contributed by atoms with van der Waals surface area (Å²) in [7, 11) is 0. The van der Waals surface area contributed by atoms with Crippen LogP contribution >= 0.6 is 0 Å². The maximum absolute atomic E-state index is 11.9. The van der Waals surface area contributed by atoms with Crippen LogP contribution in [0.3, 0.4) is 0 Å². The lowest BCUT2D eigenvalue weighted by Gasteiger charge is -2.23. The minimum absolute atomic E-state index is 0.128. The van der Waals surface area contributed by atoms with Gasteiger partial charge in [-0.15, -0.1) is 0 Å². The summed E-state index contributed by atoms with van der Waals surface area (Å²) >= 11 is 0. The van der Waals surface area contributed by atoms with Crippen molar-refractivity contribution in [3.63, 3.8) is 0 Å². The summed E-state index contributed by atoms with van der Waals surface area (Å²) in [5.41, 5.74) is 0. The number of hydrogen-bond acceptors (Lipinski definition) is 4. The Labute approximate surface area is 137 Å². The summed E-state index contributed by atoms with van der Waals surface area (Å²) in [5.74, 6) is -0.794. The largest absolute Gasteiger partial charge is 0.453 e. The molecule has 2 atom stereocenters. The molecule has 0 saturated heterocycles. The number of carbonyl (C=O) groups is 3. The van der Waals surface area contributed by atoms with Crippen LogP contribution in [0.15, 0.2) is 12.2 Å². The average Bonchev–Trinajstić information content (AvgIpc) is 3.00. The number of rotatable bonds is 5. The van der Waals surface area contributed by atoms with Crippen LogP contribution in [-0.2, 0) is 14.3 Å². The first kappa shape index (κ1) is 17.5. The van der Waals surface area contributed by atoms with E-state index < -0.39 is 24.0 Å². The van der Waals surface area contributed by atoms with E-state index in [1.54, 1.807) is 0 Å². The van der Waals surface area contributed by atoms with Gasteiger partial charge in [-0.05, 0) is 38.5 Å². The smallest absolute Gasteiger partial charge is 0.321 e. The Hall–Kier alpha value is -1.85. The Balaban J connectivity index is 1.67. The monoisotopic (exact) mass is 322 g/mol. The van der Waals surface area contributed by atoms with Crippen molar-refractivity contribution < 1.29 is 19.1 Å². The molecule has 6 heteroatoms. The molecule has 3 amide bonds. The van der Waals surface area contributed by atoms with Gasteiger partial charge in [0.15, 0.2) is 6.10 Å². The predicted molar refractivity (Wildman–Crippen MR) is 85.6 cm³/mol. The molecule has 0 radical (unpaired) electrons. The fraction of sp³-hybridized carbons (Fsp3) is 0.706. The summed E-state index contributed by atoms with van der Waals surface area (Å²) in [4.78, 5) is 35.5. The van der Waals surface area contributed by atoms with Crippen molar-refractivity contribution >= 4 is 17.9 Å². The summed E-state index contributed by atoms with van der Waals surface area (Å²) in [6, 6.07) is -0.382. The van der Waals surface area contributed by atoms with Crippen LogP contribution < -0.4 is 10.6 Å². The second-order valence-corrected chi connectivity index (χ2v) is 6.40. The number of imide groups is 1. The molecule has 128 valence electrons. The third-order valence-electron chi connectivity index (χ3n) is 4.40. The lowest BCUT2D eigenvalue weighted by Crippen LogP contribution is -2.48. The summed E-state index contributed by atoms with van der Waals surface area (Å²) in [5, 5.41) is 5.04. The summed E-state index contributed by atoms with van der Waals surface area (Å²) in [6.45, 7) is 1.48. The number of nitrogens with one attached hydrogen (secondary N) is 2. The minimum Gasteiger partial charge on any atom is -0.453 e. The molecule has 2 aliphatic carbocycles. The Morgan fingerprint density at radius 1 is 1.17 bits per heavy atom. The number of hydrogen-bond donors (Lipinski definition) is 2. The summed E-state index contributed by atoms with van der Waals surface area (Å²) in [6.07, 6.45) is 10.6. The van der Waals surface area contributed by atoms with Crippen molar-refractivity contribution in [1.29, 1.82) is 0 Å². The normalized spacial score (nSPS) is 22.4. The van der Waals surface area contributed by atoms with E-state index in [4.69, 9.17) is 4.74 Å². The van der Waals surface area contributed by atoms with Gasteiger partial charge in [0.1, 0.15) is 0 Å². The third-order valence-corrected chi connectivity index (χ3v) is 4.40. The predicted octanol–water partition coefficient (Wildman–Crippen LogP) is 2.43. The van der Waals surface area contributed by atoms with Gasteiger partial charge in [0, 0.05) is 6.04 Å². The van der Waals surface area contributed by atoms with Gasteiger partial charge in [0.25, 0.3) is 5.91 Å². The van der Waals surface area contributed by atoms with E-state index in [1.165, 1.54) is 13.3 Å². The lowest BCUT2D eigenvalue weighted by molar-refractivity contribution is -0.155. The van der Waals surface area contributed by atoms with E-state index in [1.807, 2.05) is 12.2 Å². The highest BCUT2D eigenvalue weighted by molar-refractivity contribution is 5.97. The Kier molecular flexibility index (Phi) is 6.62. The molecule has 2 rings (SSSR count). The van der Waals surface area contributed by atoms with E-state index in [9.17, 15) is 14.4 Å². The van der Waals surface area contributed by atoms with E-state index in [-0.39, 0.29) is 18.4 Å². The van der Waals surface area contributed by atoms with E-state index in [2.05, 4.69) is 10.6 Å². The summed E-state index contributed by atoms with van der Waals surface area (Å²) < 4.78 is 5.10. The highest BCUT2D eigenvalue weighted by Gasteiger charge is 2.23. The maximum atomic E-state index is 11.9. The molecule has 0 spiro atoms. The zero-order chi connectivity index (χ0) is 16.7. The van der Waals surface area contributed by atoms with Crippen LogP contribution in [0.25, 0.3) is 0 Å². The first-order valence-electron chi connectivity index (χ1n) is 8.52. The van der Waals surface area contributed by atoms with Gasteiger partial charge in [-0.25, -0.2) is 4.79 Å². The molecule has 1 saturated carbocycles. The molecule has 0 aromatic rings. The van der Waals surface area contributed by atoms with Crippen molar-refractivity contribution in [3.05, 3.63) is 12.2 Å². The lowest BCUT2D eigenvalue weighted by atomic mass is 9.96. The van der Waals surface area contributed by atoms with Crippen LogP contribution in [0.5, 0.6) is 0 Å². The van der Waals surface area contributed by atoms with Gasteiger partial charge in [-0.2, -0.15) is 0 Å². The minimum atomic E-state index is -0.968. The molecule has 6 nitrogen and oxygen atoms in total. The fourth-order valence-corrected chi connectivity index (χ4v) is 3.06. The number of carbonyl (C=O) groups excluding carboxylic acids is 3. The highest BCUT2D eigenvalue weighted by Crippen LogP contribution is 2.21. The van der Waals surface area contributed by atoms with Crippen molar-refractivity contribution in [1.82, 2.24) is 10.6 Å². The molecule has 0 unspecified atom stereocenters. The van der Waals surface area contributed by atoms with Crippen molar-refractivity contribution in [2.24, 2.45) is 5.92 Å². The van der Waals surface area contributed by atoms with E-state index in [0.717, 1.165) is 38.5 Å². The molecule has 23 heavy (non-hydrogen) atoms. The van der Waals surface area contributed by atoms with Crippen LogP contribution in [0.2, 0.25) is 0 Å². The number of esters is 1. The van der Waals surface area contributed by atoms with Gasteiger partial charge in [-0.1, -0.05) is 31.4 Å². The van der Waals surface area contributed by atoms with Gasteiger partial charge in [0.2, 0.25) is 0 Å². The quantitative estimate of drug-likeness (QED) is 0.601. The van der Waals surface area contributed by atoms with Crippen molar-refractivity contribution in [3.8, 4) is 0 Å². The van der Waals surface area contributed by atoms with Crippen molar-refractivity contribution in [2.45, 2.75) is 70.4 Å². The molecule has 0 aliphatic heterocycles. The van der Waals surface area contributed by atoms with Crippen molar-refractivity contribution in [2.75, 3.05) is 0 Å². The number of amides is 3. The van der Waals surface area contributed by atoms with Gasteiger partial charge < -0.3 is 10.1 Å². The number of allylic oxidation sites excluding steroid dienone is 2. The molecular weight excluding hydrogens is 296 g/mol. The topological polar surface area (TPSA) is 84.5 Å². The Morgan fingerprint density at radius 3 is 2.57 bits per heavy atom. The second kappa shape index (κ2) is 8.70. The zero-order valence-corrected chi connectivity index (χ0v) is 13.7. The first-order chi connectivity index (χ1) is 11.0. The van der Waals surface area contributed by atoms with E-state index in [0.29, 0.717) is 0 Å². The molecule has 2 N–H and O–H groups in total. The van der Waals surface area contributed by atoms with Crippen LogP contribution in [0, 0.1) is 5.92 Å². The van der Waals surface area contributed by atoms with Gasteiger partial charge in [0.05, 0.1) is 6.42 Å². The maximum Gasteiger partial charge on any atom is 0.321 e. The number of ether oxygens (including phenoxy) is 1. The fourth-order valence-electron chi connectivity index (χ4n) is 3.06. The first-order valence-corrected chi connectivity index (χ1v) is 8.52. The molecular formula is C17H26N2O4. The van der Waals surface area contributed by atoms with Gasteiger partial charge in [-0.3, -0.25) is 14.9 Å². The second-order valence-electron chi connectivity index (χ2n) is 6.40. The SMILES string of the molecule is C[C@H](OC(=O)C[C@@H]1C=CCC1)C(=O)NC(=O)NC1CCCCC1. The Morgan fingerprint density at radius 2 is 1.91 bits per heavy atom. The van der Waals surface area contributed by atoms with Crippen LogP contribution in [0.4, 0.5) is 4.79 Å². The van der Waals surface area contributed by atoms with Crippen LogP contribution in [-0.4, -0.2) is 30.1 Å². The molecule has 2 aliphatic rings. The zero-order valence-electron chi connectivity index (χ0n) is 13.7. The molecule has 0 aromatic carbocycles. The molecule has 0 heterocycles. The van der Waals surface area contributed by atoms with Crippen LogP contribution in [0.1, 0.15) is 58.3 Å². The molecule has 0 aromatic heterocycles. The highest BCUT2D eigenvalue weighted by atomic mass is 16.5.